The van der Waals surface area contributed by atoms with Gasteiger partial charge in [0.1, 0.15) is 5.76 Å². The fourth-order valence-electron chi connectivity index (χ4n) is 1.64. The Morgan fingerprint density at radius 1 is 1.41 bits per heavy atom. The quantitative estimate of drug-likeness (QED) is 0.875. The molecule has 0 saturated heterocycles. The molecule has 0 fully saturated rings. The van der Waals surface area contributed by atoms with E-state index >= 15 is 0 Å². The van der Waals surface area contributed by atoms with Crippen molar-refractivity contribution in [3.8, 4) is 6.07 Å². The minimum atomic E-state index is 0.647. The van der Waals surface area contributed by atoms with Crippen molar-refractivity contribution >= 4 is 5.69 Å². The molecule has 0 spiro atoms. The molecule has 0 radical (unpaired) electrons. The molecule has 4 nitrogen and oxygen atoms in total. The zero-order valence-corrected chi connectivity index (χ0v) is 9.82. The van der Waals surface area contributed by atoms with Crippen molar-refractivity contribution in [3.63, 3.8) is 0 Å². The summed E-state index contributed by atoms with van der Waals surface area (Å²) in [4.78, 5) is 0. The number of nitrogens with zero attached hydrogens (tertiary/aromatic N) is 2. The standard InChI is InChI=1S/C13H13N3O/c1-9-13(10(2)17-16-9)8-15-12-5-3-4-11(6-12)7-14/h3-6,15H,8H2,1-2H3. The van der Waals surface area contributed by atoms with Gasteiger partial charge in [-0.3, -0.25) is 0 Å². The molecule has 0 aliphatic rings. The maximum Gasteiger partial charge on any atom is 0.138 e. The first-order valence-corrected chi connectivity index (χ1v) is 5.36. The Bertz CT molecular complexity index is 547. The third kappa shape index (κ3) is 2.45. The van der Waals surface area contributed by atoms with Crippen LogP contribution >= 0.6 is 0 Å². The van der Waals surface area contributed by atoms with Crippen LogP contribution < -0.4 is 5.32 Å². The number of hydrogen-bond acceptors (Lipinski definition) is 4. The Kier molecular flexibility index (Phi) is 3.10. The van der Waals surface area contributed by atoms with Crippen molar-refractivity contribution in [2.75, 3.05) is 5.32 Å². The van der Waals surface area contributed by atoms with Gasteiger partial charge < -0.3 is 9.84 Å². The number of nitrogens with one attached hydrogen (secondary N) is 1. The summed E-state index contributed by atoms with van der Waals surface area (Å²) in [6.07, 6.45) is 0. The summed E-state index contributed by atoms with van der Waals surface area (Å²) < 4.78 is 5.09. The molecule has 2 aromatic rings. The fourth-order valence-corrected chi connectivity index (χ4v) is 1.64. The summed E-state index contributed by atoms with van der Waals surface area (Å²) in [5, 5.41) is 15.9. The van der Waals surface area contributed by atoms with E-state index in [0.717, 1.165) is 22.7 Å². The molecule has 1 aromatic heterocycles. The fraction of sp³-hybridized carbons (Fsp3) is 0.231. The number of nitriles is 1. The highest BCUT2D eigenvalue weighted by Crippen LogP contribution is 2.16. The van der Waals surface area contributed by atoms with Crippen molar-refractivity contribution in [1.29, 1.82) is 5.26 Å². The molecule has 1 heterocycles. The first-order chi connectivity index (χ1) is 8.20. The van der Waals surface area contributed by atoms with Gasteiger partial charge in [0.2, 0.25) is 0 Å². The Morgan fingerprint density at radius 3 is 2.88 bits per heavy atom. The first kappa shape index (κ1) is 11.2. The number of hydrogen-bond donors (Lipinski definition) is 1. The SMILES string of the molecule is Cc1noc(C)c1CNc1cccc(C#N)c1. The van der Waals surface area contributed by atoms with Crippen LogP contribution in [0.3, 0.4) is 0 Å². The van der Waals surface area contributed by atoms with Crippen molar-refractivity contribution in [2.24, 2.45) is 0 Å². The highest BCUT2D eigenvalue weighted by molar-refractivity contribution is 5.49. The van der Waals surface area contributed by atoms with Gasteiger partial charge in [-0.2, -0.15) is 5.26 Å². The maximum absolute atomic E-state index is 8.80. The zero-order valence-electron chi connectivity index (χ0n) is 9.82. The van der Waals surface area contributed by atoms with Gasteiger partial charge in [-0.1, -0.05) is 11.2 Å². The summed E-state index contributed by atoms with van der Waals surface area (Å²) in [6.45, 7) is 4.46. The van der Waals surface area contributed by atoms with Gasteiger partial charge in [-0.15, -0.1) is 0 Å². The summed E-state index contributed by atoms with van der Waals surface area (Å²) >= 11 is 0. The van der Waals surface area contributed by atoms with Crippen molar-refractivity contribution in [3.05, 3.63) is 46.8 Å². The average Bonchev–Trinajstić information content (AvgIpc) is 2.67. The zero-order chi connectivity index (χ0) is 12.3. The lowest BCUT2D eigenvalue weighted by atomic mass is 10.2. The van der Waals surface area contributed by atoms with Crippen molar-refractivity contribution < 1.29 is 4.52 Å². The molecule has 1 aromatic carbocycles. The van der Waals surface area contributed by atoms with E-state index < -0.39 is 0 Å². The Hall–Kier alpha value is -2.28. The van der Waals surface area contributed by atoms with Gasteiger partial charge in [0, 0.05) is 17.8 Å². The second-order valence-electron chi connectivity index (χ2n) is 3.85. The molecule has 0 saturated carbocycles. The molecular weight excluding hydrogens is 214 g/mol. The van der Waals surface area contributed by atoms with Gasteiger partial charge in [0.05, 0.1) is 17.3 Å². The third-order valence-electron chi connectivity index (χ3n) is 2.64. The predicted octanol–water partition coefficient (Wildman–Crippen LogP) is 2.78. The Morgan fingerprint density at radius 2 is 2.24 bits per heavy atom. The molecular formula is C13H13N3O. The van der Waals surface area contributed by atoms with Crippen LogP contribution in [0.2, 0.25) is 0 Å². The lowest BCUT2D eigenvalue weighted by Crippen LogP contribution is -2.01. The van der Waals surface area contributed by atoms with Crippen LogP contribution in [0.4, 0.5) is 5.69 Å². The van der Waals surface area contributed by atoms with E-state index in [4.69, 9.17) is 9.78 Å². The summed E-state index contributed by atoms with van der Waals surface area (Å²) in [6, 6.07) is 9.49. The minimum absolute atomic E-state index is 0.647. The predicted molar refractivity (Wildman–Crippen MR) is 64.5 cm³/mol. The molecule has 86 valence electrons. The number of benzene rings is 1. The molecule has 4 heteroatoms. The van der Waals surface area contributed by atoms with Crippen LogP contribution in [0.5, 0.6) is 0 Å². The molecule has 0 bridgehead atoms. The van der Waals surface area contributed by atoms with Gasteiger partial charge in [-0.05, 0) is 32.0 Å². The molecule has 0 aliphatic carbocycles. The Balaban J connectivity index is 2.10. The highest BCUT2D eigenvalue weighted by atomic mass is 16.5. The monoisotopic (exact) mass is 227 g/mol. The molecule has 2 rings (SSSR count). The molecule has 0 unspecified atom stereocenters. The van der Waals surface area contributed by atoms with E-state index in [9.17, 15) is 0 Å². The minimum Gasteiger partial charge on any atom is -0.381 e. The number of aromatic nitrogens is 1. The largest absolute Gasteiger partial charge is 0.381 e. The van der Waals surface area contributed by atoms with Crippen LogP contribution in [0.25, 0.3) is 0 Å². The van der Waals surface area contributed by atoms with E-state index in [-0.39, 0.29) is 0 Å². The second-order valence-corrected chi connectivity index (χ2v) is 3.85. The van der Waals surface area contributed by atoms with E-state index in [0.29, 0.717) is 12.1 Å². The van der Waals surface area contributed by atoms with Gasteiger partial charge in [0.15, 0.2) is 0 Å². The van der Waals surface area contributed by atoms with Gasteiger partial charge in [0.25, 0.3) is 0 Å². The Labute approximate surface area is 99.9 Å². The van der Waals surface area contributed by atoms with Crippen molar-refractivity contribution in [1.82, 2.24) is 5.16 Å². The summed E-state index contributed by atoms with van der Waals surface area (Å²) in [5.74, 6) is 0.825. The number of rotatable bonds is 3. The maximum atomic E-state index is 8.80. The lowest BCUT2D eigenvalue weighted by molar-refractivity contribution is 0.392. The first-order valence-electron chi connectivity index (χ1n) is 5.36. The molecule has 0 atom stereocenters. The lowest BCUT2D eigenvalue weighted by Gasteiger charge is -2.05. The molecule has 1 N–H and O–H groups in total. The van der Waals surface area contributed by atoms with Crippen LogP contribution in [0, 0.1) is 25.2 Å². The van der Waals surface area contributed by atoms with Crippen LogP contribution in [0.1, 0.15) is 22.6 Å². The summed E-state index contributed by atoms with van der Waals surface area (Å²) in [5.41, 5.74) is 3.52. The molecule has 0 amide bonds. The van der Waals surface area contributed by atoms with Crippen LogP contribution in [-0.4, -0.2) is 5.16 Å². The van der Waals surface area contributed by atoms with E-state index in [1.807, 2.05) is 32.0 Å². The summed E-state index contributed by atoms with van der Waals surface area (Å²) in [7, 11) is 0. The van der Waals surface area contributed by atoms with E-state index in [1.54, 1.807) is 6.07 Å². The number of aryl methyl sites for hydroxylation is 2. The van der Waals surface area contributed by atoms with Crippen LogP contribution in [-0.2, 0) is 6.54 Å². The van der Waals surface area contributed by atoms with E-state index in [1.165, 1.54) is 0 Å². The molecule has 17 heavy (non-hydrogen) atoms. The van der Waals surface area contributed by atoms with Crippen LogP contribution in [0.15, 0.2) is 28.8 Å². The normalized spacial score (nSPS) is 9.94. The highest BCUT2D eigenvalue weighted by Gasteiger charge is 2.08. The van der Waals surface area contributed by atoms with Crippen molar-refractivity contribution in [2.45, 2.75) is 20.4 Å². The smallest absolute Gasteiger partial charge is 0.138 e. The van der Waals surface area contributed by atoms with Gasteiger partial charge in [-0.25, -0.2) is 0 Å². The molecule has 0 aliphatic heterocycles. The third-order valence-corrected chi connectivity index (χ3v) is 2.64. The number of anilines is 1. The second kappa shape index (κ2) is 4.71. The van der Waals surface area contributed by atoms with Gasteiger partial charge >= 0.3 is 0 Å². The average molecular weight is 227 g/mol. The van der Waals surface area contributed by atoms with E-state index in [2.05, 4.69) is 16.5 Å². The topological polar surface area (TPSA) is 61.9 Å².